The highest BCUT2D eigenvalue weighted by Gasteiger charge is 2.11. The first-order valence-electron chi connectivity index (χ1n) is 6.21. The van der Waals surface area contributed by atoms with E-state index in [1.807, 2.05) is 6.92 Å². The van der Waals surface area contributed by atoms with Crippen LogP contribution >= 0.6 is 0 Å². The molecule has 1 rings (SSSR count). The third-order valence-corrected chi connectivity index (χ3v) is 2.34. The maximum Gasteiger partial charge on any atom is 0.269 e. The summed E-state index contributed by atoms with van der Waals surface area (Å²) in [6.07, 6.45) is 0.850. The molecule has 0 aromatic carbocycles. The number of carbonyl (C=O) groups is 2. The number of nitrogens with zero attached hydrogens (tertiary/aromatic N) is 1. The van der Waals surface area contributed by atoms with E-state index < -0.39 is 0 Å². The molecular weight excluding hydrogens is 246 g/mol. The van der Waals surface area contributed by atoms with Crippen molar-refractivity contribution in [2.24, 2.45) is 0 Å². The monoisotopic (exact) mass is 265 g/mol. The van der Waals surface area contributed by atoms with Crippen LogP contribution in [0.25, 0.3) is 0 Å². The zero-order chi connectivity index (χ0) is 14.1. The van der Waals surface area contributed by atoms with Crippen LogP contribution < -0.4 is 10.6 Å². The molecule has 19 heavy (non-hydrogen) atoms. The summed E-state index contributed by atoms with van der Waals surface area (Å²) in [5.41, 5.74) is 0.466. The molecule has 0 atom stereocenters. The molecule has 2 amide bonds. The minimum Gasteiger partial charge on any atom is -0.383 e. The van der Waals surface area contributed by atoms with E-state index in [4.69, 9.17) is 4.74 Å². The minimum absolute atomic E-state index is 0.222. The Labute approximate surface area is 112 Å². The van der Waals surface area contributed by atoms with Crippen molar-refractivity contribution in [3.8, 4) is 0 Å². The van der Waals surface area contributed by atoms with Gasteiger partial charge in [0.15, 0.2) is 0 Å². The average molecular weight is 265 g/mol. The van der Waals surface area contributed by atoms with Crippen LogP contribution in [0.15, 0.2) is 18.2 Å². The highest BCUT2D eigenvalue weighted by molar-refractivity contribution is 5.96. The predicted octanol–water partition coefficient (Wildman–Crippen LogP) is 0.598. The van der Waals surface area contributed by atoms with E-state index >= 15 is 0 Å². The summed E-state index contributed by atoms with van der Waals surface area (Å²) in [5.74, 6) is -0.587. The van der Waals surface area contributed by atoms with Gasteiger partial charge >= 0.3 is 0 Å². The molecule has 0 saturated heterocycles. The van der Waals surface area contributed by atoms with Crippen LogP contribution in [0.1, 0.15) is 34.3 Å². The van der Waals surface area contributed by atoms with Crippen LogP contribution in [-0.4, -0.2) is 43.6 Å². The Kier molecular flexibility index (Phi) is 6.52. The van der Waals surface area contributed by atoms with E-state index in [0.29, 0.717) is 19.7 Å². The standard InChI is InChI=1S/C13H19N3O3/c1-3-7-14-12(17)10-5-4-6-11(16-10)13(18)15-8-9-19-2/h4-6H,3,7-9H2,1-2H3,(H,14,17)(H,15,18). The highest BCUT2D eigenvalue weighted by atomic mass is 16.5. The minimum atomic E-state index is -0.317. The number of hydrogen-bond acceptors (Lipinski definition) is 4. The number of aromatic nitrogens is 1. The fourth-order valence-electron chi connectivity index (χ4n) is 1.37. The van der Waals surface area contributed by atoms with Crippen molar-refractivity contribution in [3.05, 3.63) is 29.6 Å². The molecule has 0 bridgehead atoms. The second kappa shape index (κ2) is 8.20. The molecule has 1 aromatic heterocycles. The summed E-state index contributed by atoms with van der Waals surface area (Å²) < 4.78 is 4.84. The summed E-state index contributed by atoms with van der Waals surface area (Å²) in [5, 5.41) is 5.36. The number of amides is 2. The smallest absolute Gasteiger partial charge is 0.269 e. The maximum atomic E-state index is 11.7. The molecule has 0 aliphatic heterocycles. The maximum absolute atomic E-state index is 11.7. The Hall–Kier alpha value is -1.95. The molecule has 2 N–H and O–H groups in total. The van der Waals surface area contributed by atoms with Crippen molar-refractivity contribution in [2.45, 2.75) is 13.3 Å². The van der Waals surface area contributed by atoms with Gasteiger partial charge < -0.3 is 15.4 Å². The molecular formula is C13H19N3O3. The van der Waals surface area contributed by atoms with Crippen LogP contribution in [0.3, 0.4) is 0 Å². The van der Waals surface area contributed by atoms with Gasteiger partial charge in [-0.3, -0.25) is 9.59 Å². The Morgan fingerprint density at radius 1 is 1.16 bits per heavy atom. The summed E-state index contributed by atoms with van der Waals surface area (Å²) in [6, 6.07) is 4.79. The molecule has 0 radical (unpaired) electrons. The van der Waals surface area contributed by atoms with Gasteiger partial charge in [-0.15, -0.1) is 0 Å². The van der Waals surface area contributed by atoms with Crippen molar-refractivity contribution in [1.82, 2.24) is 15.6 Å². The second-order valence-corrected chi connectivity index (χ2v) is 3.91. The molecule has 0 spiro atoms. The first-order chi connectivity index (χ1) is 9.19. The molecule has 1 heterocycles. The average Bonchev–Trinajstić information content (AvgIpc) is 2.45. The Bertz CT molecular complexity index is 435. The quantitative estimate of drug-likeness (QED) is 0.707. The summed E-state index contributed by atoms with van der Waals surface area (Å²) in [4.78, 5) is 27.5. The van der Waals surface area contributed by atoms with Crippen LogP contribution in [0, 0.1) is 0 Å². The molecule has 6 heteroatoms. The lowest BCUT2D eigenvalue weighted by atomic mass is 10.2. The lowest BCUT2D eigenvalue weighted by molar-refractivity contribution is 0.0931. The van der Waals surface area contributed by atoms with Gasteiger partial charge in [-0.1, -0.05) is 13.0 Å². The fraction of sp³-hybridized carbons (Fsp3) is 0.462. The molecule has 0 aliphatic rings. The van der Waals surface area contributed by atoms with Gasteiger partial charge in [-0.05, 0) is 18.6 Å². The van der Waals surface area contributed by atoms with Crippen molar-refractivity contribution >= 4 is 11.8 Å². The number of pyridine rings is 1. The van der Waals surface area contributed by atoms with Gasteiger partial charge in [-0.2, -0.15) is 0 Å². The van der Waals surface area contributed by atoms with Crippen LogP contribution in [0.4, 0.5) is 0 Å². The molecule has 0 aliphatic carbocycles. The summed E-state index contributed by atoms with van der Waals surface area (Å²) in [7, 11) is 1.56. The molecule has 6 nitrogen and oxygen atoms in total. The van der Waals surface area contributed by atoms with Gasteiger partial charge in [0, 0.05) is 20.2 Å². The highest BCUT2D eigenvalue weighted by Crippen LogP contribution is 2.00. The van der Waals surface area contributed by atoms with Crippen LogP contribution in [0.5, 0.6) is 0 Å². The van der Waals surface area contributed by atoms with Gasteiger partial charge in [0.1, 0.15) is 11.4 Å². The number of methoxy groups -OCH3 is 1. The van der Waals surface area contributed by atoms with Gasteiger partial charge in [0.05, 0.1) is 6.61 Å². The number of carbonyl (C=O) groups excluding carboxylic acids is 2. The SMILES string of the molecule is CCCNC(=O)c1cccc(C(=O)NCCOC)n1. The lowest BCUT2D eigenvalue weighted by Crippen LogP contribution is -2.29. The van der Waals surface area contributed by atoms with E-state index in [9.17, 15) is 9.59 Å². The lowest BCUT2D eigenvalue weighted by Gasteiger charge is -2.06. The normalized spacial score (nSPS) is 10.0. The molecule has 0 unspecified atom stereocenters. The fourth-order valence-corrected chi connectivity index (χ4v) is 1.37. The summed E-state index contributed by atoms with van der Waals surface area (Å²) >= 11 is 0. The Morgan fingerprint density at radius 2 is 1.74 bits per heavy atom. The third-order valence-electron chi connectivity index (χ3n) is 2.34. The third kappa shape index (κ3) is 5.05. The van der Waals surface area contributed by atoms with Crippen molar-refractivity contribution in [3.63, 3.8) is 0 Å². The Balaban J connectivity index is 2.65. The zero-order valence-corrected chi connectivity index (χ0v) is 11.2. The number of nitrogens with one attached hydrogen (secondary N) is 2. The first-order valence-corrected chi connectivity index (χ1v) is 6.21. The Morgan fingerprint density at radius 3 is 2.26 bits per heavy atom. The number of ether oxygens (including phenoxy) is 1. The first kappa shape index (κ1) is 15.1. The van der Waals surface area contributed by atoms with Crippen molar-refractivity contribution < 1.29 is 14.3 Å². The number of hydrogen-bond donors (Lipinski definition) is 2. The topological polar surface area (TPSA) is 80.3 Å². The number of rotatable bonds is 7. The van der Waals surface area contributed by atoms with E-state index in [-0.39, 0.29) is 23.2 Å². The molecule has 0 saturated carbocycles. The van der Waals surface area contributed by atoms with Gasteiger partial charge in [0.2, 0.25) is 0 Å². The van der Waals surface area contributed by atoms with Crippen LogP contribution in [-0.2, 0) is 4.74 Å². The van der Waals surface area contributed by atoms with Gasteiger partial charge in [-0.25, -0.2) is 4.98 Å². The van der Waals surface area contributed by atoms with E-state index in [0.717, 1.165) is 6.42 Å². The van der Waals surface area contributed by atoms with Crippen molar-refractivity contribution in [2.75, 3.05) is 26.8 Å². The predicted molar refractivity (Wildman–Crippen MR) is 71.1 cm³/mol. The van der Waals surface area contributed by atoms with Crippen LogP contribution in [0.2, 0.25) is 0 Å². The summed E-state index contributed by atoms with van der Waals surface area (Å²) in [6.45, 7) is 3.39. The van der Waals surface area contributed by atoms with E-state index in [1.54, 1.807) is 25.3 Å². The second-order valence-electron chi connectivity index (χ2n) is 3.91. The van der Waals surface area contributed by atoms with E-state index in [1.165, 1.54) is 0 Å². The van der Waals surface area contributed by atoms with Crippen molar-refractivity contribution in [1.29, 1.82) is 0 Å². The largest absolute Gasteiger partial charge is 0.383 e. The van der Waals surface area contributed by atoms with E-state index in [2.05, 4.69) is 15.6 Å². The molecule has 1 aromatic rings. The zero-order valence-electron chi connectivity index (χ0n) is 11.2. The molecule has 104 valence electrons. The molecule has 0 fully saturated rings. The van der Waals surface area contributed by atoms with Gasteiger partial charge in [0.25, 0.3) is 11.8 Å².